The zero-order valence-electron chi connectivity index (χ0n) is 16.9. The van der Waals surface area contributed by atoms with E-state index in [1.54, 1.807) is 4.68 Å². The first kappa shape index (κ1) is 17.9. The van der Waals surface area contributed by atoms with Crippen LogP contribution in [0.15, 0.2) is 36.5 Å². The molecule has 0 spiro atoms. The first-order valence-electron chi connectivity index (χ1n) is 9.93. The zero-order chi connectivity index (χ0) is 20.1. The minimum atomic E-state index is -0.181. The highest BCUT2D eigenvalue weighted by atomic mass is 16.1. The Labute approximate surface area is 168 Å². The molecule has 7 heteroatoms. The van der Waals surface area contributed by atoms with E-state index in [4.69, 9.17) is 0 Å². The Hall–Kier alpha value is -3.19. The summed E-state index contributed by atoms with van der Waals surface area (Å²) < 4.78 is 1.80. The van der Waals surface area contributed by atoms with Crippen LogP contribution in [0.2, 0.25) is 0 Å². The van der Waals surface area contributed by atoms with Gasteiger partial charge >= 0.3 is 0 Å². The summed E-state index contributed by atoms with van der Waals surface area (Å²) in [5, 5.41) is 9.45. The Balaban J connectivity index is 1.41. The molecule has 3 aromatic heterocycles. The number of fused-ring (bicyclic) bond motifs is 2. The molecule has 1 aliphatic heterocycles. The topological polar surface area (TPSA) is 78.8 Å². The summed E-state index contributed by atoms with van der Waals surface area (Å²) in [6, 6.07) is 10.1. The average molecular weight is 388 g/mol. The highest BCUT2D eigenvalue weighted by Gasteiger charge is 2.24. The van der Waals surface area contributed by atoms with Gasteiger partial charge in [0.05, 0.1) is 16.7 Å². The number of benzene rings is 1. The van der Waals surface area contributed by atoms with Gasteiger partial charge in [-0.3, -0.25) is 14.4 Å². The van der Waals surface area contributed by atoms with Crippen molar-refractivity contribution in [2.24, 2.45) is 7.05 Å². The van der Waals surface area contributed by atoms with Crippen LogP contribution in [0.4, 0.5) is 5.82 Å². The summed E-state index contributed by atoms with van der Waals surface area (Å²) in [5.41, 5.74) is 4.68. The van der Waals surface area contributed by atoms with Gasteiger partial charge in [0.15, 0.2) is 0 Å². The molecule has 7 nitrogen and oxygen atoms in total. The molecule has 0 bridgehead atoms. The molecular formula is C22H24N6O. The van der Waals surface area contributed by atoms with Crippen molar-refractivity contribution in [2.75, 3.05) is 18.9 Å². The minimum absolute atomic E-state index is 0.181. The number of aromatic amines is 1. The molecule has 1 aliphatic rings. The van der Waals surface area contributed by atoms with Gasteiger partial charge in [-0.15, -0.1) is 0 Å². The highest BCUT2D eigenvalue weighted by Crippen LogP contribution is 2.32. The van der Waals surface area contributed by atoms with E-state index in [-0.39, 0.29) is 5.91 Å². The summed E-state index contributed by atoms with van der Waals surface area (Å²) in [6.07, 6.45) is 4.19. The Morgan fingerprint density at radius 1 is 1.24 bits per heavy atom. The number of aromatic nitrogens is 4. The number of carbonyl (C=O) groups excluding carboxylic acids is 1. The summed E-state index contributed by atoms with van der Waals surface area (Å²) >= 11 is 0. The molecule has 0 unspecified atom stereocenters. The van der Waals surface area contributed by atoms with Crippen LogP contribution < -0.4 is 5.32 Å². The van der Waals surface area contributed by atoms with E-state index in [0.717, 1.165) is 40.5 Å². The number of nitrogens with one attached hydrogen (secondary N) is 2. The number of hydrogen-bond acceptors (Lipinski definition) is 4. The van der Waals surface area contributed by atoms with E-state index in [9.17, 15) is 4.79 Å². The number of amides is 1. The van der Waals surface area contributed by atoms with Crippen LogP contribution in [0.25, 0.3) is 21.8 Å². The Bertz CT molecular complexity index is 1240. The Morgan fingerprint density at radius 2 is 2.10 bits per heavy atom. The number of rotatable bonds is 3. The molecule has 1 saturated heterocycles. The van der Waals surface area contributed by atoms with Gasteiger partial charge in [-0.25, -0.2) is 4.98 Å². The average Bonchev–Trinajstić information content (AvgIpc) is 3.38. The van der Waals surface area contributed by atoms with Gasteiger partial charge in [-0.2, -0.15) is 5.10 Å². The van der Waals surface area contributed by atoms with Crippen LogP contribution in [-0.2, 0) is 7.05 Å². The third-order valence-electron chi connectivity index (χ3n) is 5.94. The fourth-order valence-corrected chi connectivity index (χ4v) is 4.37. The van der Waals surface area contributed by atoms with Crippen LogP contribution in [0.1, 0.15) is 40.6 Å². The van der Waals surface area contributed by atoms with Crippen molar-refractivity contribution < 1.29 is 4.79 Å². The molecule has 5 rings (SSSR count). The molecule has 0 aliphatic carbocycles. The van der Waals surface area contributed by atoms with Gasteiger partial charge in [0, 0.05) is 47.4 Å². The number of aryl methyl sites for hydroxylation is 2. The molecule has 29 heavy (non-hydrogen) atoms. The van der Waals surface area contributed by atoms with Crippen LogP contribution in [-0.4, -0.2) is 44.1 Å². The van der Waals surface area contributed by atoms with E-state index >= 15 is 0 Å². The quantitative estimate of drug-likeness (QED) is 0.560. The molecular weight excluding hydrogens is 364 g/mol. The molecule has 1 amide bonds. The van der Waals surface area contributed by atoms with Crippen molar-refractivity contribution in [2.45, 2.75) is 25.8 Å². The molecule has 148 valence electrons. The number of hydrogen-bond donors (Lipinski definition) is 2. The van der Waals surface area contributed by atoms with Gasteiger partial charge in [0.25, 0.3) is 5.91 Å². The number of carbonyl (C=O) groups is 1. The van der Waals surface area contributed by atoms with Gasteiger partial charge in [-0.1, -0.05) is 6.07 Å². The van der Waals surface area contributed by atoms with Gasteiger partial charge in [-0.05, 0) is 51.6 Å². The van der Waals surface area contributed by atoms with Crippen molar-refractivity contribution in [3.63, 3.8) is 0 Å². The summed E-state index contributed by atoms with van der Waals surface area (Å²) in [4.78, 5) is 23.1. The predicted molar refractivity (Wildman–Crippen MR) is 114 cm³/mol. The van der Waals surface area contributed by atoms with Crippen LogP contribution in [0.5, 0.6) is 0 Å². The largest absolute Gasteiger partial charge is 0.357 e. The minimum Gasteiger partial charge on any atom is -0.357 e. The van der Waals surface area contributed by atoms with Gasteiger partial charge in [0.1, 0.15) is 5.82 Å². The lowest BCUT2D eigenvalue weighted by atomic mass is 10.1. The third kappa shape index (κ3) is 3.07. The second-order valence-corrected chi connectivity index (χ2v) is 7.92. The predicted octanol–water partition coefficient (Wildman–Crippen LogP) is 3.78. The summed E-state index contributed by atoms with van der Waals surface area (Å²) in [6.45, 7) is 3.09. The fourth-order valence-electron chi connectivity index (χ4n) is 4.37. The van der Waals surface area contributed by atoms with Crippen molar-refractivity contribution in [1.29, 1.82) is 0 Å². The number of pyridine rings is 1. The number of likely N-dealkylation sites (tertiary alicyclic amines) is 1. The Kier molecular flexibility index (Phi) is 4.13. The van der Waals surface area contributed by atoms with E-state index in [2.05, 4.69) is 38.4 Å². The van der Waals surface area contributed by atoms with Crippen molar-refractivity contribution >= 4 is 33.5 Å². The molecule has 4 heterocycles. The normalized spacial score (nSPS) is 17.4. The first-order chi connectivity index (χ1) is 14.0. The van der Waals surface area contributed by atoms with Gasteiger partial charge < -0.3 is 10.3 Å². The molecule has 2 N–H and O–H groups in total. The third-order valence-corrected chi connectivity index (χ3v) is 5.94. The number of nitrogens with zero attached hydrogens (tertiary/aromatic N) is 4. The molecule has 1 atom stereocenters. The highest BCUT2D eigenvalue weighted by molar-refractivity contribution is 6.06. The van der Waals surface area contributed by atoms with Crippen molar-refractivity contribution in [3.8, 4) is 0 Å². The van der Waals surface area contributed by atoms with E-state index in [0.29, 0.717) is 17.4 Å². The maximum absolute atomic E-state index is 12.8. The van der Waals surface area contributed by atoms with E-state index < -0.39 is 0 Å². The monoisotopic (exact) mass is 388 g/mol. The zero-order valence-corrected chi connectivity index (χ0v) is 16.9. The lowest BCUT2D eigenvalue weighted by Crippen LogP contribution is -2.17. The van der Waals surface area contributed by atoms with E-state index in [1.807, 2.05) is 44.4 Å². The lowest BCUT2D eigenvalue weighted by molar-refractivity contribution is 0.102. The Morgan fingerprint density at radius 3 is 2.90 bits per heavy atom. The van der Waals surface area contributed by atoms with Crippen LogP contribution in [0, 0.1) is 6.92 Å². The number of H-pyrrole nitrogens is 1. The fraction of sp³-hybridized carbons (Fsp3) is 0.318. The van der Waals surface area contributed by atoms with E-state index in [1.165, 1.54) is 12.1 Å². The van der Waals surface area contributed by atoms with Crippen molar-refractivity contribution in [3.05, 3.63) is 53.5 Å². The van der Waals surface area contributed by atoms with Gasteiger partial charge in [0.2, 0.25) is 0 Å². The number of anilines is 1. The first-order valence-corrected chi connectivity index (χ1v) is 9.93. The summed E-state index contributed by atoms with van der Waals surface area (Å²) in [7, 11) is 4.05. The maximum Gasteiger partial charge on any atom is 0.256 e. The van der Waals surface area contributed by atoms with Crippen molar-refractivity contribution in [1.82, 2.24) is 24.6 Å². The standard InChI is InChI=1S/C22H24N6O/c1-13-16-7-6-14(10-20(16)28(3)26-13)22(29)25-21-11-17-15(12-23-21)9-18(24-17)19-5-4-8-27(19)2/h6-7,9-12,19,24H,4-5,8H2,1-3H3,(H,23,25,29)/t19-/m1/s1. The molecule has 4 aromatic rings. The maximum atomic E-state index is 12.8. The molecule has 1 aromatic carbocycles. The second-order valence-electron chi connectivity index (χ2n) is 7.92. The molecule has 0 radical (unpaired) electrons. The smallest absolute Gasteiger partial charge is 0.256 e. The lowest BCUT2D eigenvalue weighted by Gasteiger charge is -2.17. The molecule has 1 fully saturated rings. The second kappa shape index (κ2) is 6.70. The van der Waals surface area contributed by atoms with Crippen LogP contribution >= 0.6 is 0 Å². The van der Waals surface area contributed by atoms with Crippen LogP contribution in [0.3, 0.4) is 0 Å². The summed E-state index contributed by atoms with van der Waals surface area (Å²) in [5.74, 6) is 0.358. The SMILES string of the molecule is Cc1nn(C)c2cc(C(=O)Nc3cc4[nH]c([C@H]5CCCN5C)cc4cn3)ccc12. The molecule has 0 saturated carbocycles.